The smallest absolute Gasteiger partial charge is 0.229 e. The van der Waals surface area contributed by atoms with Gasteiger partial charge in [-0.3, -0.25) is 4.79 Å². The second-order valence-corrected chi connectivity index (χ2v) is 4.96. The maximum absolute atomic E-state index is 12.3. The molecule has 108 valence electrons. The zero-order valence-corrected chi connectivity index (χ0v) is 12.4. The number of nitriles is 1. The van der Waals surface area contributed by atoms with E-state index in [0.29, 0.717) is 26.0 Å². The number of carbonyl (C=O) groups excluding carboxylic acids is 1. The number of benzene rings is 1. The molecule has 1 amide bonds. The lowest BCUT2D eigenvalue weighted by atomic mass is 10.2. The molecule has 4 heteroatoms. The molecule has 0 heterocycles. The molecular weight excluding hydrogens is 252 g/mol. The van der Waals surface area contributed by atoms with E-state index in [-0.39, 0.29) is 12.0 Å². The van der Waals surface area contributed by atoms with E-state index in [0.717, 1.165) is 11.3 Å². The van der Waals surface area contributed by atoms with E-state index in [9.17, 15) is 4.79 Å². The van der Waals surface area contributed by atoms with E-state index < -0.39 is 0 Å². The van der Waals surface area contributed by atoms with Crippen LogP contribution in [0.25, 0.3) is 0 Å². The summed E-state index contributed by atoms with van der Waals surface area (Å²) in [6, 6.07) is 9.83. The van der Waals surface area contributed by atoms with Gasteiger partial charge in [-0.05, 0) is 32.9 Å². The quantitative estimate of drug-likeness (QED) is 0.768. The molecular formula is C16H22N2O2. The standard InChI is InChI=1S/C16H22N2O2/c1-13(2)20-12-9-16(19)18(11-4-10-17)15-7-5-14(3)6-8-15/h5-8,13H,4,9,11-12H2,1-3H3. The van der Waals surface area contributed by atoms with Gasteiger partial charge in [0.05, 0.1) is 31.6 Å². The summed E-state index contributed by atoms with van der Waals surface area (Å²) >= 11 is 0. The minimum Gasteiger partial charge on any atom is -0.378 e. The summed E-state index contributed by atoms with van der Waals surface area (Å²) in [5.41, 5.74) is 1.98. The number of nitrogens with zero attached hydrogens (tertiary/aromatic N) is 2. The van der Waals surface area contributed by atoms with Gasteiger partial charge in [0.2, 0.25) is 5.91 Å². The molecule has 0 bridgehead atoms. The van der Waals surface area contributed by atoms with Gasteiger partial charge < -0.3 is 9.64 Å². The van der Waals surface area contributed by atoms with Gasteiger partial charge in [0.25, 0.3) is 0 Å². The number of aryl methyl sites for hydroxylation is 1. The first-order chi connectivity index (χ1) is 9.54. The first-order valence-electron chi connectivity index (χ1n) is 6.90. The molecule has 0 saturated heterocycles. The number of rotatable bonds is 7. The minimum atomic E-state index is -0.00949. The zero-order chi connectivity index (χ0) is 15.0. The van der Waals surface area contributed by atoms with Gasteiger partial charge in [-0.25, -0.2) is 0 Å². The van der Waals surface area contributed by atoms with Gasteiger partial charge in [0.1, 0.15) is 0 Å². The fourth-order valence-electron chi connectivity index (χ4n) is 1.80. The van der Waals surface area contributed by atoms with E-state index in [4.69, 9.17) is 10.00 Å². The first kappa shape index (κ1) is 16.2. The van der Waals surface area contributed by atoms with Crippen molar-refractivity contribution in [2.45, 2.75) is 39.7 Å². The van der Waals surface area contributed by atoms with Gasteiger partial charge in [0.15, 0.2) is 0 Å². The van der Waals surface area contributed by atoms with Crippen LogP contribution in [0.2, 0.25) is 0 Å². The molecule has 0 spiro atoms. The number of amides is 1. The maximum atomic E-state index is 12.3. The molecule has 0 N–H and O–H groups in total. The molecule has 0 radical (unpaired) electrons. The minimum absolute atomic E-state index is 0.00949. The Bertz CT molecular complexity index is 460. The van der Waals surface area contributed by atoms with E-state index in [2.05, 4.69) is 6.07 Å². The Morgan fingerprint density at radius 3 is 2.55 bits per heavy atom. The third kappa shape index (κ3) is 5.41. The highest BCUT2D eigenvalue weighted by atomic mass is 16.5. The highest BCUT2D eigenvalue weighted by molar-refractivity contribution is 5.93. The van der Waals surface area contributed by atoms with E-state index in [1.807, 2.05) is 45.0 Å². The molecule has 0 aliphatic carbocycles. The van der Waals surface area contributed by atoms with Gasteiger partial charge in [0, 0.05) is 12.2 Å². The third-order valence-electron chi connectivity index (χ3n) is 2.86. The first-order valence-corrected chi connectivity index (χ1v) is 6.90. The normalized spacial score (nSPS) is 10.3. The van der Waals surface area contributed by atoms with Crippen LogP contribution < -0.4 is 4.90 Å². The van der Waals surface area contributed by atoms with Gasteiger partial charge in [-0.1, -0.05) is 17.7 Å². The summed E-state index contributed by atoms with van der Waals surface area (Å²) in [5.74, 6) is -0.00949. The Kier molecular flexibility index (Phi) is 6.75. The number of carbonyl (C=O) groups is 1. The van der Waals surface area contributed by atoms with Crippen LogP contribution >= 0.6 is 0 Å². The fourth-order valence-corrected chi connectivity index (χ4v) is 1.80. The van der Waals surface area contributed by atoms with Crippen LogP contribution in [0.1, 0.15) is 32.3 Å². The van der Waals surface area contributed by atoms with Crippen molar-refractivity contribution in [1.29, 1.82) is 5.26 Å². The summed E-state index contributed by atoms with van der Waals surface area (Å²) in [6.45, 7) is 6.71. The number of ether oxygens (including phenoxy) is 1. The summed E-state index contributed by atoms with van der Waals surface area (Å²) < 4.78 is 5.41. The second kappa shape index (κ2) is 8.34. The van der Waals surface area contributed by atoms with Crippen molar-refractivity contribution in [3.05, 3.63) is 29.8 Å². The van der Waals surface area contributed by atoms with Crippen LogP contribution in [0, 0.1) is 18.3 Å². The number of hydrogen-bond acceptors (Lipinski definition) is 3. The molecule has 1 aromatic carbocycles. The van der Waals surface area contributed by atoms with E-state index >= 15 is 0 Å². The molecule has 0 atom stereocenters. The lowest BCUT2D eigenvalue weighted by molar-refractivity contribution is -0.119. The largest absolute Gasteiger partial charge is 0.378 e. The lowest BCUT2D eigenvalue weighted by Gasteiger charge is -2.22. The summed E-state index contributed by atoms with van der Waals surface area (Å²) in [5, 5.41) is 8.72. The average molecular weight is 274 g/mol. The highest BCUT2D eigenvalue weighted by Gasteiger charge is 2.15. The summed E-state index contributed by atoms with van der Waals surface area (Å²) in [6.07, 6.45) is 0.775. The fraction of sp³-hybridized carbons (Fsp3) is 0.500. The molecule has 20 heavy (non-hydrogen) atoms. The topological polar surface area (TPSA) is 53.3 Å². The van der Waals surface area contributed by atoms with Crippen LogP contribution in [0.5, 0.6) is 0 Å². The molecule has 1 rings (SSSR count). The Morgan fingerprint density at radius 1 is 1.35 bits per heavy atom. The molecule has 0 aromatic heterocycles. The van der Waals surface area contributed by atoms with Crippen LogP contribution in [0.4, 0.5) is 5.69 Å². The molecule has 0 fully saturated rings. The summed E-state index contributed by atoms with van der Waals surface area (Å²) in [4.78, 5) is 13.9. The van der Waals surface area contributed by atoms with E-state index in [1.54, 1.807) is 4.90 Å². The van der Waals surface area contributed by atoms with Crippen molar-refractivity contribution < 1.29 is 9.53 Å². The van der Waals surface area contributed by atoms with Crippen LogP contribution in [-0.4, -0.2) is 25.2 Å². The molecule has 1 aromatic rings. The SMILES string of the molecule is Cc1ccc(N(CCC#N)C(=O)CCOC(C)C)cc1. The molecule has 4 nitrogen and oxygen atoms in total. The molecule has 0 saturated carbocycles. The Hall–Kier alpha value is -1.86. The predicted octanol–water partition coefficient (Wildman–Crippen LogP) is 3.06. The number of hydrogen-bond donors (Lipinski definition) is 0. The Labute approximate surface area is 121 Å². The van der Waals surface area contributed by atoms with Crippen molar-refractivity contribution in [3.63, 3.8) is 0 Å². The van der Waals surface area contributed by atoms with Crippen LogP contribution in [0.3, 0.4) is 0 Å². The second-order valence-electron chi connectivity index (χ2n) is 4.96. The van der Waals surface area contributed by atoms with Crippen molar-refractivity contribution >= 4 is 11.6 Å². The third-order valence-corrected chi connectivity index (χ3v) is 2.86. The lowest BCUT2D eigenvalue weighted by Crippen LogP contribution is -2.32. The van der Waals surface area contributed by atoms with Crippen molar-refractivity contribution in [3.8, 4) is 6.07 Å². The monoisotopic (exact) mass is 274 g/mol. The van der Waals surface area contributed by atoms with Gasteiger partial charge in [-0.2, -0.15) is 5.26 Å². The van der Waals surface area contributed by atoms with Gasteiger partial charge in [-0.15, -0.1) is 0 Å². The van der Waals surface area contributed by atoms with E-state index in [1.165, 1.54) is 0 Å². The Balaban J connectivity index is 2.70. The van der Waals surface area contributed by atoms with Crippen molar-refractivity contribution in [2.75, 3.05) is 18.1 Å². The number of anilines is 1. The predicted molar refractivity (Wildman–Crippen MR) is 79.5 cm³/mol. The highest BCUT2D eigenvalue weighted by Crippen LogP contribution is 2.16. The maximum Gasteiger partial charge on any atom is 0.229 e. The zero-order valence-electron chi connectivity index (χ0n) is 12.4. The summed E-state index contributed by atoms with van der Waals surface area (Å²) in [7, 11) is 0. The van der Waals surface area contributed by atoms with Gasteiger partial charge >= 0.3 is 0 Å². The van der Waals surface area contributed by atoms with Crippen molar-refractivity contribution in [2.24, 2.45) is 0 Å². The average Bonchev–Trinajstić information content (AvgIpc) is 2.40. The van der Waals surface area contributed by atoms with Crippen LogP contribution in [0.15, 0.2) is 24.3 Å². The molecule has 0 unspecified atom stereocenters. The molecule has 0 aliphatic rings. The Morgan fingerprint density at radius 2 is 2.00 bits per heavy atom. The van der Waals surface area contributed by atoms with Crippen molar-refractivity contribution in [1.82, 2.24) is 0 Å². The molecule has 0 aliphatic heterocycles. The van der Waals surface area contributed by atoms with Crippen LogP contribution in [-0.2, 0) is 9.53 Å².